The molecule has 3 rings (SSSR count). The van der Waals surface area contributed by atoms with Crippen LogP contribution in [0.2, 0.25) is 0 Å². The first-order chi connectivity index (χ1) is 11.7. The minimum atomic E-state index is 0. The van der Waals surface area contributed by atoms with Crippen molar-refractivity contribution in [2.24, 2.45) is 28.7 Å². The molecule has 4 nitrogen and oxygen atoms in total. The minimum absolute atomic E-state index is 0. The molecule has 0 radical (unpaired) electrons. The zero-order valence-corrected chi connectivity index (χ0v) is 18.9. The number of guanidine groups is 1. The van der Waals surface area contributed by atoms with Gasteiger partial charge in [-0.25, -0.2) is 0 Å². The third kappa shape index (κ3) is 6.26. The molecule has 1 aliphatic heterocycles. The fourth-order valence-electron chi connectivity index (χ4n) is 4.37. The van der Waals surface area contributed by atoms with Crippen molar-refractivity contribution < 1.29 is 0 Å². The molecule has 146 valence electrons. The molecule has 5 heteroatoms. The first-order valence-corrected chi connectivity index (χ1v) is 10.5. The van der Waals surface area contributed by atoms with Crippen LogP contribution in [0.5, 0.6) is 0 Å². The van der Waals surface area contributed by atoms with Crippen molar-refractivity contribution in [1.82, 2.24) is 15.1 Å². The van der Waals surface area contributed by atoms with Gasteiger partial charge in [0.25, 0.3) is 0 Å². The number of nitrogens with zero attached hydrogens (tertiary/aromatic N) is 3. The Morgan fingerprint density at radius 2 is 1.72 bits per heavy atom. The van der Waals surface area contributed by atoms with E-state index in [1.165, 1.54) is 70.8 Å². The standard InChI is InChI=1S/C20H38N4.HI/c1-4-21-20(22-13-19(17-7-8-17)18-9-10-18)24-12-11-16(15-24)14-23(5-2)6-3;/h16-19H,4-15H2,1-3H3,(H,21,22);1H. The quantitative estimate of drug-likeness (QED) is 0.322. The van der Waals surface area contributed by atoms with Crippen molar-refractivity contribution >= 4 is 29.9 Å². The van der Waals surface area contributed by atoms with Gasteiger partial charge in [0, 0.05) is 32.7 Å². The van der Waals surface area contributed by atoms with Gasteiger partial charge in [0.15, 0.2) is 5.96 Å². The minimum Gasteiger partial charge on any atom is -0.357 e. The first-order valence-electron chi connectivity index (χ1n) is 10.5. The highest BCUT2D eigenvalue weighted by Crippen LogP contribution is 2.49. The SMILES string of the molecule is CCNC(=NCC(C1CC1)C1CC1)N1CCC(CN(CC)CC)C1.I. The molecule has 3 aliphatic rings. The molecule has 1 unspecified atom stereocenters. The van der Waals surface area contributed by atoms with E-state index in [4.69, 9.17) is 4.99 Å². The summed E-state index contributed by atoms with van der Waals surface area (Å²) < 4.78 is 0. The van der Waals surface area contributed by atoms with Gasteiger partial charge in [-0.1, -0.05) is 13.8 Å². The van der Waals surface area contributed by atoms with Gasteiger partial charge in [0.1, 0.15) is 0 Å². The third-order valence-electron chi connectivity index (χ3n) is 6.24. The van der Waals surface area contributed by atoms with Crippen LogP contribution < -0.4 is 5.32 Å². The van der Waals surface area contributed by atoms with E-state index in [-0.39, 0.29) is 24.0 Å². The maximum Gasteiger partial charge on any atom is 0.193 e. The van der Waals surface area contributed by atoms with Gasteiger partial charge in [0.2, 0.25) is 0 Å². The molecule has 1 N–H and O–H groups in total. The van der Waals surface area contributed by atoms with E-state index in [9.17, 15) is 0 Å². The lowest BCUT2D eigenvalue weighted by Crippen LogP contribution is -2.41. The van der Waals surface area contributed by atoms with Crippen LogP contribution in [0.15, 0.2) is 4.99 Å². The fourth-order valence-corrected chi connectivity index (χ4v) is 4.37. The Kier molecular flexibility index (Phi) is 8.79. The van der Waals surface area contributed by atoms with Gasteiger partial charge in [-0.05, 0) is 75.8 Å². The molecule has 0 aromatic rings. The second-order valence-electron chi connectivity index (χ2n) is 8.12. The van der Waals surface area contributed by atoms with Crippen LogP contribution in [-0.2, 0) is 0 Å². The lowest BCUT2D eigenvalue weighted by atomic mass is 9.98. The Bertz CT molecular complexity index is 404. The van der Waals surface area contributed by atoms with E-state index in [0.29, 0.717) is 0 Å². The molecule has 1 atom stereocenters. The van der Waals surface area contributed by atoms with Crippen molar-refractivity contribution in [2.75, 3.05) is 45.8 Å². The second kappa shape index (κ2) is 10.3. The molecule has 25 heavy (non-hydrogen) atoms. The lowest BCUT2D eigenvalue weighted by molar-refractivity contribution is 0.255. The average molecular weight is 462 g/mol. The number of rotatable bonds is 9. The van der Waals surface area contributed by atoms with Gasteiger partial charge >= 0.3 is 0 Å². The Labute approximate surface area is 172 Å². The molecule has 1 saturated heterocycles. The van der Waals surface area contributed by atoms with E-state index in [1.807, 2.05) is 0 Å². The topological polar surface area (TPSA) is 30.9 Å². The molecule has 2 saturated carbocycles. The molecule has 3 fully saturated rings. The Morgan fingerprint density at radius 1 is 1.08 bits per heavy atom. The largest absolute Gasteiger partial charge is 0.357 e. The monoisotopic (exact) mass is 462 g/mol. The first kappa shape index (κ1) is 21.3. The number of nitrogens with one attached hydrogen (secondary N) is 1. The Balaban J connectivity index is 0.00000225. The summed E-state index contributed by atoms with van der Waals surface area (Å²) in [7, 11) is 0. The van der Waals surface area contributed by atoms with Crippen LogP contribution in [0.3, 0.4) is 0 Å². The zero-order chi connectivity index (χ0) is 16.9. The van der Waals surface area contributed by atoms with Gasteiger partial charge < -0.3 is 15.1 Å². The van der Waals surface area contributed by atoms with E-state index in [1.54, 1.807) is 0 Å². The summed E-state index contributed by atoms with van der Waals surface area (Å²) in [6.45, 7) is 14.7. The van der Waals surface area contributed by atoms with Gasteiger partial charge in [-0.3, -0.25) is 4.99 Å². The summed E-state index contributed by atoms with van der Waals surface area (Å²) in [6.07, 6.45) is 7.16. The van der Waals surface area contributed by atoms with E-state index in [0.717, 1.165) is 36.8 Å². The number of hydrogen-bond donors (Lipinski definition) is 1. The third-order valence-corrected chi connectivity index (χ3v) is 6.24. The predicted octanol–water partition coefficient (Wildman–Crippen LogP) is 3.67. The van der Waals surface area contributed by atoms with Crippen LogP contribution >= 0.6 is 24.0 Å². The molecule has 0 aromatic heterocycles. The Hall–Kier alpha value is -0.0400. The lowest BCUT2D eigenvalue weighted by Gasteiger charge is -2.25. The maximum atomic E-state index is 5.09. The second-order valence-corrected chi connectivity index (χ2v) is 8.12. The zero-order valence-electron chi connectivity index (χ0n) is 16.5. The van der Waals surface area contributed by atoms with Crippen molar-refractivity contribution in [3.63, 3.8) is 0 Å². The van der Waals surface area contributed by atoms with E-state index >= 15 is 0 Å². The molecule has 0 bridgehead atoms. The summed E-state index contributed by atoms with van der Waals surface area (Å²) in [5.74, 6) is 4.87. The molecule has 1 heterocycles. The summed E-state index contributed by atoms with van der Waals surface area (Å²) in [6, 6.07) is 0. The van der Waals surface area contributed by atoms with Gasteiger partial charge in [-0.2, -0.15) is 0 Å². The fraction of sp³-hybridized carbons (Fsp3) is 0.950. The van der Waals surface area contributed by atoms with E-state index in [2.05, 4.69) is 35.9 Å². The predicted molar refractivity (Wildman–Crippen MR) is 118 cm³/mol. The average Bonchev–Trinajstić information content (AvgIpc) is 3.52. The molecular formula is C20H39IN4. The normalized spacial score (nSPS) is 24.1. The van der Waals surface area contributed by atoms with Crippen LogP contribution in [-0.4, -0.2) is 61.6 Å². The summed E-state index contributed by atoms with van der Waals surface area (Å²) in [5.41, 5.74) is 0. The highest BCUT2D eigenvalue weighted by molar-refractivity contribution is 14.0. The molecular weight excluding hydrogens is 423 g/mol. The molecule has 0 spiro atoms. The number of aliphatic imine (C=N–C) groups is 1. The highest BCUT2D eigenvalue weighted by atomic mass is 127. The number of halogens is 1. The molecule has 0 aromatic carbocycles. The van der Waals surface area contributed by atoms with Crippen LogP contribution in [0.25, 0.3) is 0 Å². The van der Waals surface area contributed by atoms with Crippen molar-refractivity contribution in [1.29, 1.82) is 0 Å². The summed E-state index contributed by atoms with van der Waals surface area (Å²) in [5, 5.41) is 3.56. The highest BCUT2D eigenvalue weighted by Gasteiger charge is 2.41. The summed E-state index contributed by atoms with van der Waals surface area (Å²) in [4.78, 5) is 10.2. The smallest absolute Gasteiger partial charge is 0.193 e. The van der Waals surface area contributed by atoms with Crippen molar-refractivity contribution in [2.45, 2.75) is 52.9 Å². The maximum absolute atomic E-state index is 5.09. The van der Waals surface area contributed by atoms with Gasteiger partial charge in [-0.15, -0.1) is 24.0 Å². The summed E-state index contributed by atoms with van der Waals surface area (Å²) >= 11 is 0. The number of likely N-dealkylation sites (tertiary alicyclic amines) is 1. The van der Waals surface area contributed by atoms with Crippen molar-refractivity contribution in [3.05, 3.63) is 0 Å². The van der Waals surface area contributed by atoms with Crippen LogP contribution in [0.4, 0.5) is 0 Å². The molecule has 2 aliphatic carbocycles. The van der Waals surface area contributed by atoms with Gasteiger partial charge in [0.05, 0.1) is 0 Å². The van der Waals surface area contributed by atoms with E-state index < -0.39 is 0 Å². The van der Waals surface area contributed by atoms with Crippen LogP contribution in [0, 0.1) is 23.7 Å². The van der Waals surface area contributed by atoms with Crippen LogP contribution in [0.1, 0.15) is 52.9 Å². The molecule has 0 amide bonds. The number of hydrogen-bond acceptors (Lipinski definition) is 2. The Morgan fingerprint density at radius 3 is 2.24 bits per heavy atom. The van der Waals surface area contributed by atoms with Crippen molar-refractivity contribution in [3.8, 4) is 0 Å².